The van der Waals surface area contributed by atoms with Gasteiger partial charge in [-0.25, -0.2) is 0 Å². The van der Waals surface area contributed by atoms with Crippen molar-refractivity contribution in [3.8, 4) is 11.8 Å². The zero-order valence-corrected chi connectivity index (χ0v) is 20.4. The number of nitrogens with one attached hydrogen (secondary N) is 4. The van der Waals surface area contributed by atoms with Crippen molar-refractivity contribution < 1.29 is 10.2 Å². The second-order valence-corrected chi connectivity index (χ2v) is 3.72. The van der Waals surface area contributed by atoms with Crippen molar-refractivity contribution in [2.75, 3.05) is 0 Å². The molecule has 100 valence electrons. The van der Waals surface area contributed by atoms with Gasteiger partial charge in [-0.2, -0.15) is 0 Å². The summed E-state index contributed by atoms with van der Waals surface area (Å²) in [6.45, 7) is 0. The Hall–Kier alpha value is -0.356. The zero-order chi connectivity index (χ0) is 13.7. The molecule has 0 aromatic carbocycles. The minimum Gasteiger partial charge on any atom is -0.860 e. The molecule has 0 saturated carbocycles. The Bertz CT molecular complexity index is 644. The summed E-state index contributed by atoms with van der Waals surface area (Å²) < 4.78 is 0.125. The summed E-state index contributed by atoms with van der Waals surface area (Å²) in [5.41, 5.74) is -0.937. The van der Waals surface area contributed by atoms with Gasteiger partial charge in [-0.05, 0) is 36.2 Å². The van der Waals surface area contributed by atoms with Crippen LogP contribution in [0.15, 0.2) is 21.7 Å². The van der Waals surface area contributed by atoms with Gasteiger partial charge in [-0.1, -0.05) is 0 Å². The fraction of sp³-hybridized carbons (Fsp3) is 0. The molecule has 0 spiro atoms. The van der Waals surface area contributed by atoms with Crippen molar-refractivity contribution in [2.45, 2.75) is 0 Å². The Morgan fingerprint density at radius 3 is 1.25 bits per heavy atom. The van der Waals surface area contributed by atoms with E-state index in [1.54, 1.807) is 0 Å². The molecule has 0 radical (unpaired) electrons. The summed E-state index contributed by atoms with van der Waals surface area (Å²) in [6.07, 6.45) is 0. The van der Waals surface area contributed by atoms with Crippen LogP contribution in [0.2, 0.25) is 0 Å². The van der Waals surface area contributed by atoms with Gasteiger partial charge in [0, 0.05) is 12.1 Å². The molecule has 0 amide bonds. The Kier molecular flexibility index (Phi) is 11.4. The molecule has 0 aliphatic carbocycles. The molecule has 0 unspecified atom stereocenters. The molecule has 2 rings (SSSR count). The van der Waals surface area contributed by atoms with E-state index >= 15 is 0 Å². The molecule has 0 bridgehead atoms. The average Bonchev–Trinajstić information content (AvgIpc) is 2.12. The molecule has 8 nitrogen and oxygen atoms in total. The van der Waals surface area contributed by atoms with Crippen molar-refractivity contribution in [2.24, 2.45) is 0 Å². The molecule has 0 aliphatic heterocycles. The SMILES string of the molecule is O=c1cc([O-])[nH]c(=S)[nH]1.O=c1cc([O-])[nH]c(=S)[nH]1.[Tl+].[Tl+]. The van der Waals surface area contributed by atoms with Crippen molar-refractivity contribution >= 4 is 79.0 Å². The van der Waals surface area contributed by atoms with Gasteiger partial charge in [0.05, 0.1) is 0 Å². The van der Waals surface area contributed by atoms with Crippen molar-refractivity contribution in [3.05, 3.63) is 42.4 Å². The minimum atomic E-state index is -0.469. The van der Waals surface area contributed by atoms with E-state index in [0.29, 0.717) is 0 Å². The average molecular weight is 695 g/mol. The summed E-state index contributed by atoms with van der Waals surface area (Å²) >= 11 is 8.95. The normalized spacial score (nSPS) is 8.40. The molecule has 0 saturated heterocycles. The van der Waals surface area contributed by atoms with Crippen LogP contribution in [0.4, 0.5) is 0 Å². The number of hydrogen-bond acceptors (Lipinski definition) is 6. The van der Waals surface area contributed by atoms with Gasteiger partial charge in [-0.3, -0.25) is 19.6 Å². The summed E-state index contributed by atoms with van der Waals surface area (Å²) in [7, 11) is 0. The maximum Gasteiger partial charge on any atom is 1.00 e. The van der Waals surface area contributed by atoms with Gasteiger partial charge in [0.1, 0.15) is 0 Å². The van der Waals surface area contributed by atoms with Crippen molar-refractivity contribution in [1.82, 2.24) is 19.9 Å². The van der Waals surface area contributed by atoms with E-state index in [1.807, 2.05) is 0 Å². The summed E-state index contributed by atoms with van der Waals surface area (Å²) in [5, 5.41) is 20.7. The quantitative estimate of drug-likeness (QED) is 0.191. The minimum absolute atomic E-state index is 0. The summed E-state index contributed by atoms with van der Waals surface area (Å²) in [4.78, 5) is 29.6. The third-order valence-electron chi connectivity index (χ3n) is 1.47. The monoisotopic (exact) mass is 696 g/mol. The predicted octanol–water partition coefficient (Wildman–Crippen LogP) is -1.75. The van der Waals surface area contributed by atoms with Crippen LogP contribution >= 0.6 is 24.4 Å². The van der Waals surface area contributed by atoms with Gasteiger partial charge in [0.15, 0.2) is 9.54 Å². The molecule has 2 heterocycles. The molecule has 4 N–H and O–H groups in total. The molecule has 12 heteroatoms. The molecule has 0 fully saturated rings. The molecule has 20 heavy (non-hydrogen) atoms. The maximum absolute atomic E-state index is 10.4. The number of H-pyrrole nitrogens is 4. The van der Waals surface area contributed by atoms with Crippen LogP contribution in [0.5, 0.6) is 11.8 Å². The molecular formula is C8H6N4O4S2Tl2. The first-order valence-electron chi connectivity index (χ1n) is 4.38. The second kappa shape index (κ2) is 10.4. The summed E-state index contributed by atoms with van der Waals surface area (Å²) in [5.74, 6) is -0.937. The first kappa shape index (κ1) is 21.9. The van der Waals surface area contributed by atoms with Gasteiger partial charge < -0.3 is 20.2 Å². The van der Waals surface area contributed by atoms with Crippen LogP contribution in [0.1, 0.15) is 0 Å². The van der Waals surface area contributed by atoms with Crippen LogP contribution in [0.3, 0.4) is 0 Å². The smallest absolute Gasteiger partial charge is 0.860 e. The fourth-order valence-electron chi connectivity index (χ4n) is 0.893. The largest absolute Gasteiger partial charge is 1.00 e. The Balaban J connectivity index is 0. The molecular weight excluding hydrogens is 689 g/mol. The first-order valence-corrected chi connectivity index (χ1v) is 5.20. The van der Waals surface area contributed by atoms with Crippen molar-refractivity contribution in [3.63, 3.8) is 0 Å². The van der Waals surface area contributed by atoms with E-state index in [4.69, 9.17) is 0 Å². The maximum atomic E-state index is 10.4. The standard InChI is InChI=1S/2C4H4N2O2S.2Tl/c2*7-2-1-3(8)6-4(9)5-2;;/h2*1H,(H3,5,6,7,8,9);;/q;;2*+1/p-2. The number of rotatable bonds is 0. The number of aromatic amines is 4. The first-order chi connectivity index (χ1) is 8.36. The van der Waals surface area contributed by atoms with Crippen molar-refractivity contribution in [1.29, 1.82) is 0 Å². The van der Waals surface area contributed by atoms with Crippen LogP contribution in [-0.4, -0.2) is 74.5 Å². The van der Waals surface area contributed by atoms with Crippen LogP contribution in [-0.2, 0) is 0 Å². The zero-order valence-electron chi connectivity index (χ0n) is 9.76. The van der Waals surface area contributed by atoms with Gasteiger partial charge >= 0.3 is 54.6 Å². The van der Waals surface area contributed by atoms with E-state index < -0.39 is 22.9 Å². The van der Waals surface area contributed by atoms with E-state index in [-0.39, 0.29) is 64.1 Å². The summed E-state index contributed by atoms with van der Waals surface area (Å²) in [6, 6.07) is 1.80. The molecule has 0 atom stereocenters. The molecule has 0 aliphatic rings. The number of aromatic nitrogens is 4. The van der Waals surface area contributed by atoms with E-state index in [0.717, 1.165) is 12.1 Å². The molecule has 2 aromatic heterocycles. The van der Waals surface area contributed by atoms with Gasteiger partial charge in [-0.15, -0.1) is 0 Å². The Morgan fingerprint density at radius 2 is 1.05 bits per heavy atom. The van der Waals surface area contributed by atoms with E-state index in [2.05, 4.69) is 44.4 Å². The second-order valence-electron chi connectivity index (χ2n) is 2.90. The van der Waals surface area contributed by atoms with E-state index in [9.17, 15) is 19.8 Å². The third-order valence-corrected chi connectivity index (χ3v) is 1.88. The molecule has 2 aromatic rings. The predicted molar refractivity (Wildman–Crippen MR) is 74.9 cm³/mol. The fourth-order valence-corrected chi connectivity index (χ4v) is 1.29. The van der Waals surface area contributed by atoms with Gasteiger partial charge in [0.25, 0.3) is 11.1 Å². The third kappa shape index (κ3) is 8.74. The number of hydrogen-bond donors (Lipinski definition) is 4. The topological polar surface area (TPSA) is 143 Å². The Morgan fingerprint density at radius 1 is 0.750 bits per heavy atom. The van der Waals surface area contributed by atoms with Crippen LogP contribution < -0.4 is 21.3 Å². The van der Waals surface area contributed by atoms with Crippen LogP contribution in [0.25, 0.3) is 0 Å². The van der Waals surface area contributed by atoms with Gasteiger partial charge in [0.2, 0.25) is 0 Å². The Labute approximate surface area is 162 Å². The van der Waals surface area contributed by atoms with Crippen LogP contribution in [0, 0.1) is 9.54 Å². The van der Waals surface area contributed by atoms with E-state index in [1.165, 1.54) is 0 Å².